The predicted molar refractivity (Wildman–Crippen MR) is 71.6 cm³/mol. The average Bonchev–Trinajstić information content (AvgIpc) is 2.36. The van der Waals surface area contributed by atoms with Crippen molar-refractivity contribution < 1.29 is 19.4 Å². The van der Waals surface area contributed by atoms with E-state index in [4.69, 9.17) is 21.4 Å². The molecular formula is C13H16ClNO4. The van der Waals surface area contributed by atoms with Crippen LogP contribution in [0.5, 0.6) is 5.75 Å². The Labute approximate surface area is 116 Å². The number of carbonyl (C=O) groups is 2. The number of carboxylic acid groups (broad SMARTS) is 1. The monoisotopic (exact) mass is 285 g/mol. The Morgan fingerprint density at radius 3 is 2.68 bits per heavy atom. The second kappa shape index (κ2) is 6.99. The second-order valence-corrected chi connectivity index (χ2v) is 4.43. The first-order valence-electron chi connectivity index (χ1n) is 5.82. The molecule has 0 aliphatic carbocycles. The van der Waals surface area contributed by atoms with Crippen LogP contribution in [0.1, 0.15) is 12.5 Å². The molecule has 1 N–H and O–H groups in total. The summed E-state index contributed by atoms with van der Waals surface area (Å²) in [5.41, 5.74) is 0.963. The van der Waals surface area contributed by atoms with E-state index in [0.717, 1.165) is 5.56 Å². The number of carbonyl (C=O) groups excluding carboxylic acids is 1. The summed E-state index contributed by atoms with van der Waals surface area (Å²) in [6, 6.07) is 5.24. The molecule has 6 heteroatoms. The number of aryl methyl sites for hydroxylation is 1. The van der Waals surface area contributed by atoms with Crippen LogP contribution >= 0.6 is 11.6 Å². The molecule has 5 nitrogen and oxygen atoms in total. The summed E-state index contributed by atoms with van der Waals surface area (Å²) in [4.78, 5) is 23.6. The molecule has 0 atom stereocenters. The molecule has 0 aromatic heterocycles. The standard InChI is InChI=1S/C13H16ClNO4/c1-3-15(7-13(17)18)12(16)8-19-11-6-9(2)4-5-10(11)14/h4-6H,3,7-8H2,1-2H3,(H,17,18). The van der Waals surface area contributed by atoms with Gasteiger partial charge in [0.05, 0.1) is 5.02 Å². The molecule has 19 heavy (non-hydrogen) atoms. The molecule has 0 fully saturated rings. The number of amides is 1. The highest BCUT2D eigenvalue weighted by Crippen LogP contribution is 2.25. The third-order valence-corrected chi connectivity index (χ3v) is 2.81. The van der Waals surface area contributed by atoms with E-state index in [-0.39, 0.29) is 19.1 Å². The molecule has 0 radical (unpaired) electrons. The summed E-state index contributed by atoms with van der Waals surface area (Å²) in [6.07, 6.45) is 0. The Morgan fingerprint density at radius 1 is 1.42 bits per heavy atom. The lowest BCUT2D eigenvalue weighted by atomic mass is 10.2. The molecule has 0 spiro atoms. The van der Waals surface area contributed by atoms with Crippen LogP contribution in [-0.4, -0.2) is 41.6 Å². The van der Waals surface area contributed by atoms with Crippen molar-refractivity contribution in [2.24, 2.45) is 0 Å². The van der Waals surface area contributed by atoms with Gasteiger partial charge in [0.25, 0.3) is 5.91 Å². The zero-order chi connectivity index (χ0) is 14.4. The van der Waals surface area contributed by atoms with Crippen LogP contribution in [0.4, 0.5) is 0 Å². The summed E-state index contributed by atoms with van der Waals surface area (Å²) < 4.78 is 5.33. The maximum Gasteiger partial charge on any atom is 0.323 e. The average molecular weight is 286 g/mol. The number of halogens is 1. The van der Waals surface area contributed by atoms with Gasteiger partial charge in [-0.3, -0.25) is 9.59 Å². The largest absolute Gasteiger partial charge is 0.482 e. The molecule has 0 saturated carbocycles. The number of nitrogens with zero attached hydrogens (tertiary/aromatic N) is 1. The topological polar surface area (TPSA) is 66.8 Å². The summed E-state index contributed by atoms with van der Waals surface area (Å²) in [5.74, 6) is -1.02. The number of hydrogen-bond acceptors (Lipinski definition) is 3. The Balaban J connectivity index is 2.62. The SMILES string of the molecule is CCN(CC(=O)O)C(=O)COc1cc(C)ccc1Cl. The number of likely N-dealkylation sites (N-methyl/N-ethyl adjacent to an activating group) is 1. The minimum Gasteiger partial charge on any atom is -0.482 e. The minimum atomic E-state index is -1.05. The van der Waals surface area contributed by atoms with Gasteiger partial charge in [0.15, 0.2) is 6.61 Å². The van der Waals surface area contributed by atoms with E-state index in [1.54, 1.807) is 19.1 Å². The molecular weight excluding hydrogens is 270 g/mol. The van der Waals surface area contributed by atoms with Crippen LogP contribution < -0.4 is 4.74 Å². The Morgan fingerprint density at radius 2 is 2.11 bits per heavy atom. The number of hydrogen-bond donors (Lipinski definition) is 1. The van der Waals surface area contributed by atoms with Crippen molar-refractivity contribution in [1.82, 2.24) is 4.90 Å². The molecule has 0 aliphatic rings. The van der Waals surface area contributed by atoms with E-state index in [1.165, 1.54) is 4.90 Å². The molecule has 0 saturated heterocycles. The van der Waals surface area contributed by atoms with Crippen LogP contribution in [0.15, 0.2) is 18.2 Å². The normalized spacial score (nSPS) is 10.1. The second-order valence-electron chi connectivity index (χ2n) is 4.02. The molecule has 0 aliphatic heterocycles. The summed E-state index contributed by atoms with van der Waals surface area (Å²) in [6.45, 7) is 3.34. The van der Waals surface area contributed by atoms with Gasteiger partial charge >= 0.3 is 5.97 Å². The summed E-state index contributed by atoms with van der Waals surface area (Å²) >= 11 is 5.93. The van der Waals surface area contributed by atoms with Crippen LogP contribution in [-0.2, 0) is 9.59 Å². The van der Waals surface area contributed by atoms with E-state index < -0.39 is 5.97 Å². The molecule has 0 unspecified atom stereocenters. The first kappa shape index (κ1) is 15.3. The Kier molecular flexibility index (Phi) is 5.63. The third-order valence-electron chi connectivity index (χ3n) is 2.50. The van der Waals surface area contributed by atoms with E-state index in [9.17, 15) is 9.59 Å². The van der Waals surface area contributed by atoms with Crippen LogP contribution in [0, 0.1) is 6.92 Å². The van der Waals surface area contributed by atoms with E-state index in [1.807, 2.05) is 13.0 Å². The molecule has 0 bridgehead atoms. The highest BCUT2D eigenvalue weighted by molar-refractivity contribution is 6.32. The summed E-state index contributed by atoms with van der Waals surface area (Å²) in [5, 5.41) is 9.09. The first-order valence-corrected chi connectivity index (χ1v) is 6.20. The zero-order valence-corrected chi connectivity index (χ0v) is 11.6. The van der Waals surface area contributed by atoms with Gasteiger partial charge in [-0.1, -0.05) is 17.7 Å². The van der Waals surface area contributed by atoms with E-state index in [2.05, 4.69) is 0 Å². The number of carboxylic acids is 1. The number of ether oxygens (including phenoxy) is 1. The maximum absolute atomic E-state index is 11.8. The molecule has 104 valence electrons. The van der Waals surface area contributed by atoms with Crippen LogP contribution in [0.2, 0.25) is 5.02 Å². The molecule has 1 amide bonds. The fourth-order valence-corrected chi connectivity index (χ4v) is 1.66. The van der Waals surface area contributed by atoms with Crippen molar-refractivity contribution in [2.75, 3.05) is 19.7 Å². The van der Waals surface area contributed by atoms with Gasteiger partial charge in [-0.2, -0.15) is 0 Å². The lowest BCUT2D eigenvalue weighted by Crippen LogP contribution is -2.38. The van der Waals surface area contributed by atoms with E-state index in [0.29, 0.717) is 17.3 Å². The van der Waals surface area contributed by atoms with Crippen molar-refractivity contribution in [3.8, 4) is 5.75 Å². The van der Waals surface area contributed by atoms with Crippen LogP contribution in [0.3, 0.4) is 0 Å². The van der Waals surface area contributed by atoms with Gasteiger partial charge in [0.2, 0.25) is 0 Å². The quantitative estimate of drug-likeness (QED) is 0.868. The molecule has 1 rings (SSSR count). The van der Waals surface area contributed by atoms with E-state index >= 15 is 0 Å². The van der Waals surface area contributed by atoms with Crippen molar-refractivity contribution in [1.29, 1.82) is 0 Å². The van der Waals surface area contributed by atoms with Crippen molar-refractivity contribution in [3.05, 3.63) is 28.8 Å². The molecule has 1 aromatic rings. The lowest BCUT2D eigenvalue weighted by Gasteiger charge is -2.18. The predicted octanol–water partition coefficient (Wildman–Crippen LogP) is 1.96. The first-order chi connectivity index (χ1) is 8.93. The van der Waals surface area contributed by atoms with Gasteiger partial charge in [-0.05, 0) is 31.5 Å². The number of benzene rings is 1. The maximum atomic E-state index is 11.8. The molecule has 0 heterocycles. The third kappa shape index (κ3) is 4.79. The van der Waals surface area contributed by atoms with Crippen LogP contribution in [0.25, 0.3) is 0 Å². The van der Waals surface area contributed by atoms with Gasteiger partial charge in [-0.25, -0.2) is 0 Å². The number of aliphatic carboxylic acids is 1. The lowest BCUT2D eigenvalue weighted by molar-refractivity contribution is -0.145. The van der Waals surface area contributed by atoms with Crippen molar-refractivity contribution >= 4 is 23.5 Å². The Bertz CT molecular complexity index is 476. The summed E-state index contributed by atoms with van der Waals surface area (Å²) in [7, 11) is 0. The number of rotatable bonds is 6. The van der Waals surface area contributed by atoms with Gasteiger partial charge in [-0.15, -0.1) is 0 Å². The van der Waals surface area contributed by atoms with Crippen molar-refractivity contribution in [3.63, 3.8) is 0 Å². The zero-order valence-electron chi connectivity index (χ0n) is 10.9. The molecule has 1 aromatic carbocycles. The minimum absolute atomic E-state index is 0.232. The van der Waals surface area contributed by atoms with Gasteiger partial charge in [0.1, 0.15) is 12.3 Å². The van der Waals surface area contributed by atoms with Gasteiger partial charge in [0, 0.05) is 6.54 Å². The highest BCUT2D eigenvalue weighted by Gasteiger charge is 2.16. The smallest absolute Gasteiger partial charge is 0.323 e. The van der Waals surface area contributed by atoms with Crippen molar-refractivity contribution in [2.45, 2.75) is 13.8 Å². The fourth-order valence-electron chi connectivity index (χ4n) is 1.49. The highest BCUT2D eigenvalue weighted by atomic mass is 35.5. The Hall–Kier alpha value is -1.75. The van der Waals surface area contributed by atoms with Gasteiger partial charge < -0.3 is 14.7 Å². The fraction of sp³-hybridized carbons (Fsp3) is 0.385.